The van der Waals surface area contributed by atoms with E-state index in [1.165, 1.54) is 16.6 Å². The maximum absolute atomic E-state index is 12.3. The monoisotopic (exact) mass is 446 g/mol. The maximum atomic E-state index is 12.3. The van der Waals surface area contributed by atoms with Gasteiger partial charge in [0.05, 0.1) is 5.25 Å². The number of aromatic nitrogens is 1. The minimum absolute atomic E-state index is 0.490. The minimum atomic E-state index is -3.39. The van der Waals surface area contributed by atoms with Gasteiger partial charge < -0.3 is 4.57 Å². The topological polar surface area (TPSA) is 51.1 Å². The van der Waals surface area contributed by atoms with Crippen molar-refractivity contribution in [2.75, 3.05) is 4.72 Å². The van der Waals surface area contributed by atoms with Crippen LogP contribution in [-0.2, 0) is 16.6 Å². The molecule has 0 radical (unpaired) electrons. The Morgan fingerprint density at radius 1 is 0.812 bits per heavy atom. The van der Waals surface area contributed by atoms with Crippen LogP contribution in [0.3, 0.4) is 0 Å². The van der Waals surface area contributed by atoms with Gasteiger partial charge in [-0.25, -0.2) is 8.42 Å². The summed E-state index contributed by atoms with van der Waals surface area (Å²) in [6.07, 6.45) is 2.19. The van der Waals surface area contributed by atoms with E-state index in [1.54, 1.807) is 19.9 Å². The SMILES string of the molecule is CC(C)Cn1cc(-c2cccc(NS(=O)(=O)C(C)C)c2)c2ccc(-c3ccccc3)cc21. The first-order valence-electron chi connectivity index (χ1n) is 11.0. The lowest BCUT2D eigenvalue weighted by Gasteiger charge is -2.11. The van der Waals surface area contributed by atoms with E-state index in [-0.39, 0.29) is 0 Å². The molecule has 0 atom stereocenters. The van der Waals surface area contributed by atoms with E-state index in [4.69, 9.17) is 0 Å². The maximum Gasteiger partial charge on any atom is 0.235 e. The summed E-state index contributed by atoms with van der Waals surface area (Å²) in [6, 6.07) is 24.6. The lowest BCUT2D eigenvalue weighted by atomic mass is 10.0. The molecule has 3 aromatic carbocycles. The van der Waals surface area contributed by atoms with Gasteiger partial charge in [0.2, 0.25) is 10.0 Å². The molecule has 0 aliphatic heterocycles. The second-order valence-electron chi connectivity index (χ2n) is 8.96. The van der Waals surface area contributed by atoms with Gasteiger partial charge in [-0.15, -0.1) is 0 Å². The van der Waals surface area contributed by atoms with Crippen molar-refractivity contribution in [2.45, 2.75) is 39.5 Å². The smallest absolute Gasteiger partial charge is 0.235 e. The molecule has 0 unspecified atom stereocenters. The zero-order valence-electron chi connectivity index (χ0n) is 19.0. The van der Waals surface area contributed by atoms with Crippen LogP contribution in [0, 0.1) is 5.92 Å². The number of hydrogen-bond donors (Lipinski definition) is 1. The summed E-state index contributed by atoms with van der Waals surface area (Å²) in [7, 11) is -3.39. The van der Waals surface area contributed by atoms with Gasteiger partial charge in [0.25, 0.3) is 0 Å². The number of benzene rings is 3. The van der Waals surface area contributed by atoms with Crippen LogP contribution in [0.25, 0.3) is 33.2 Å². The van der Waals surface area contributed by atoms with Gasteiger partial charge in [0.15, 0.2) is 0 Å². The van der Waals surface area contributed by atoms with Gasteiger partial charge in [-0.05, 0) is 54.7 Å². The van der Waals surface area contributed by atoms with Gasteiger partial charge >= 0.3 is 0 Å². The third-order valence-electron chi connectivity index (χ3n) is 5.61. The first-order chi connectivity index (χ1) is 15.2. The molecule has 5 heteroatoms. The van der Waals surface area contributed by atoms with E-state index < -0.39 is 15.3 Å². The zero-order chi connectivity index (χ0) is 22.9. The van der Waals surface area contributed by atoms with Crippen molar-refractivity contribution in [2.24, 2.45) is 5.92 Å². The Morgan fingerprint density at radius 2 is 1.53 bits per heavy atom. The summed E-state index contributed by atoms with van der Waals surface area (Å²) < 4.78 is 29.7. The lowest BCUT2D eigenvalue weighted by Crippen LogP contribution is -2.22. The fourth-order valence-corrected chi connectivity index (χ4v) is 4.60. The average molecular weight is 447 g/mol. The molecule has 4 nitrogen and oxygen atoms in total. The minimum Gasteiger partial charge on any atom is -0.347 e. The first-order valence-corrected chi connectivity index (χ1v) is 12.6. The van der Waals surface area contributed by atoms with E-state index in [2.05, 4.69) is 71.8 Å². The number of sulfonamides is 1. The summed E-state index contributed by atoms with van der Waals surface area (Å²) in [5.74, 6) is 0.503. The van der Waals surface area contributed by atoms with Crippen LogP contribution in [0.15, 0.2) is 79.0 Å². The molecule has 0 saturated carbocycles. The van der Waals surface area contributed by atoms with E-state index in [0.717, 1.165) is 23.1 Å². The second-order valence-corrected chi connectivity index (χ2v) is 11.2. The van der Waals surface area contributed by atoms with Crippen LogP contribution >= 0.6 is 0 Å². The van der Waals surface area contributed by atoms with E-state index in [0.29, 0.717) is 11.6 Å². The fraction of sp³-hybridized carbons (Fsp3) is 0.259. The summed E-state index contributed by atoms with van der Waals surface area (Å²) in [4.78, 5) is 0. The zero-order valence-corrected chi connectivity index (χ0v) is 19.9. The van der Waals surface area contributed by atoms with Crippen molar-refractivity contribution >= 4 is 26.6 Å². The Morgan fingerprint density at radius 3 is 2.22 bits per heavy atom. The molecule has 4 aromatic rings. The summed E-state index contributed by atoms with van der Waals surface area (Å²) in [5.41, 5.74) is 6.24. The third kappa shape index (κ3) is 4.58. The normalized spacial score (nSPS) is 12.1. The molecule has 0 spiro atoms. The van der Waals surface area contributed by atoms with Gasteiger partial charge in [0, 0.05) is 34.9 Å². The Hall–Kier alpha value is -3.05. The highest BCUT2D eigenvalue weighted by molar-refractivity contribution is 7.93. The largest absolute Gasteiger partial charge is 0.347 e. The number of nitrogens with zero attached hydrogens (tertiary/aromatic N) is 1. The summed E-state index contributed by atoms with van der Waals surface area (Å²) >= 11 is 0. The Labute approximate surface area is 191 Å². The van der Waals surface area contributed by atoms with Gasteiger partial charge in [-0.3, -0.25) is 4.72 Å². The van der Waals surface area contributed by atoms with E-state index in [9.17, 15) is 8.42 Å². The van der Waals surface area contributed by atoms with Gasteiger partial charge in [-0.2, -0.15) is 0 Å². The molecule has 1 N–H and O–H groups in total. The van der Waals surface area contributed by atoms with Crippen LogP contribution in [-0.4, -0.2) is 18.2 Å². The third-order valence-corrected chi connectivity index (χ3v) is 7.37. The summed E-state index contributed by atoms with van der Waals surface area (Å²) in [6.45, 7) is 8.70. The highest BCUT2D eigenvalue weighted by Gasteiger charge is 2.17. The molecular weight excluding hydrogens is 416 g/mol. The van der Waals surface area contributed by atoms with Crippen molar-refractivity contribution in [1.82, 2.24) is 4.57 Å². The molecule has 0 amide bonds. The predicted molar refractivity (Wildman–Crippen MR) is 135 cm³/mol. The number of rotatable bonds is 7. The number of nitrogens with one attached hydrogen (secondary N) is 1. The molecule has 4 rings (SSSR count). The molecule has 1 heterocycles. The molecule has 1 aromatic heterocycles. The first kappa shape index (κ1) is 22.2. The fourth-order valence-electron chi connectivity index (χ4n) is 3.91. The number of hydrogen-bond acceptors (Lipinski definition) is 2. The molecule has 0 bridgehead atoms. The highest BCUT2D eigenvalue weighted by Crippen LogP contribution is 2.35. The molecule has 0 saturated heterocycles. The average Bonchev–Trinajstić information content (AvgIpc) is 3.11. The van der Waals surface area contributed by atoms with Crippen LogP contribution < -0.4 is 4.72 Å². The standard InChI is InChI=1S/C27H30N2O2S/c1-19(2)17-29-18-26(23-11-8-12-24(15-23)28-32(30,31)20(3)4)25-14-13-22(16-27(25)29)21-9-6-5-7-10-21/h5-16,18-20,28H,17H2,1-4H3. The highest BCUT2D eigenvalue weighted by atomic mass is 32.2. The van der Waals surface area contributed by atoms with Crippen molar-refractivity contribution in [3.63, 3.8) is 0 Å². The second kappa shape index (κ2) is 8.83. The lowest BCUT2D eigenvalue weighted by molar-refractivity contribution is 0.535. The Bertz CT molecular complexity index is 1340. The van der Waals surface area contributed by atoms with E-state index in [1.807, 2.05) is 24.3 Å². The van der Waals surface area contributed by atoms with Gasteiger partial charge in [-0.1, -0.05) is 68.4 Å². The summed E-state index contributed by atoms with van der Waals surface area (Å²) in [5, 5.41) is 0.671. The number of anilines is 1. The van der Waals surface area contributed by atoms with Crippen LogP contribution in [0.1, 0.15) is 27.7 Å². The van der Waals surface area contributed by atoms with Crippen LogP contribution in [0.4, 0.5) is 5.69 Å². The predicted octanol–water partition coefficient (Wildman–Crippen LogP) is 6.78. The van der Waals surface area contributed by atoms with Crippen molar-refractivity contribution < 1.29 is 8.42 Å². The van der Waals surface area contributed by atoms with Crippen LogP contribution in [0.5, 0.6) is 0 Å². The van der Waals surface area contributed by atoms with Gasteiger partial charge in [0.1, 0.15) is 0 Å². The molecule has 0 aliphatic rings. The molecule has 166 valence electrons. The Kier molecular flexibility index (Phi) is 6.11. The molecule has 0 fully saturated rings. The van der Waals surface area contributed by atoms with Crippen molar-refractivity contribution in [3.05, 3.63) is 79.0 Å². The van der Waals surface area contributed by atoms with E-state index >= 15 is 0 Å². The van der Waals surface area contributed by atoms with Crippen molar-refractivity contribution in [1.29, 1.82) is 0 Å². The molecule has 32 heavy (non-hydrogen) atoms. The van der Waals surface area contributed by atoms with Crippen molar-refractivity contribution in [3.8, 4) is 22.3 Å². The molecular formula is C27H30N2O2S. The number of fused-ring (bicyclic) bond motifs is 1. The van der Waals surface area contributed by atoms with Crippen LogP contribution in [0.2, 0.25) is 0 Å². The molecule has 0 aliphatic carbocycles. The Balaban J connectivity index is 1.82. The quantitative estimate of drug-likeness (QED) is 0.340.